The summed E-state index contributed by atoms with van der Waals surface area (Å²) in [6.45, 7) is 0. The first kappa shape index (κ1) is 12.2. The number of aliphatic hydroxyl groups is 1. The molecule has 0 bridgehead atoms. The summed E-state index contributed by atoms with van der Waals surface area (Å²) in [5, 5.41) is 9.64. The first-order valence-electron chi connectivity index (χ1n) is 4.67. The minimum absolute atomic E-state index is 0.245. The fourth-order valence-electron chi connectivity index (χ4n) is 1.30. The van der Waals surface area contributed by atoms with Gasteiger partial charge in [-0.3, -0.25) is 4.55 Å². The Labute approximate surface area is 89.3 Å². The van der Waals surface area contributed by atoms with Crippen molar-refractivity contribution in [2.75, 3.05) is 5.75 Å². The third-order valence-corrected chi connectivity index (χ3v) is 2.87. The molecule has 0 radical (unpaired) electrons. The summed E-state index contributed by atoms with van der Waals surface area (Å²) in [5.74, 6) is -0.309. The summed E-state index contributed by atoms with van der Waals surface area (Å²) in [7, 11) is -3.91. The van der Waals surface area contributed by atoms with Crippen LogP contribution in [0.5, 0.6) is 0 Å². The number of rotatable bonds is 5. The second-order valence-corrected chi connectivity index (χ2v) is 4.93. The summed E-state index contributed by atoms with van der Waals surface area (Å²) in [4.78, 5) is 0. The lowest BCUT2D eigenvalue weighted by atomic mass is 10.1. The Hall–Kier alpha value is -0.910. The summed E-state index contributed by atoms with van der Waals surface area (Å²) in [6.07, 6.45) is -0.105. The molecule has 0 spiro atoms. The molecule has 1 aromatic carbocycles. The van der Waals surface area contributed by atoms with Crippen LogP contribution in [0.4, 0.5) is 0 Å². The van der Waals surface area contributed by atoms with Gasteiger partial charge in [0.2, 0.25) is 0 Å². The van der Waals surface area contributed by atoms with Crippen molar-refractivity contribution in [2.45, 2.75) is 18.9 Å². The monoisotopic (exact) mass is 230 g/mol. The fraction of sp³-hybridized carbons (Fsp3) is 0.400. The third-order valence-electron chi connectivity index (χ3n) is 2.06. The number of hydrogen-bond acceptors (Lipinski definition) is 3. The SMILES string of the molecule is O=S(=O)(O)CCCC(O)c1ccccc1. The maximum atomic E-state index is 10.4. The van der Waals surface area contributed by atoms with Gasteiger partial charge in [-0.05, 0) is 18.4 Å². The average Bonchev–Trinajstić information content (AvgIpc) is 2.17. The molecule has 1 aromatic rings. The highest BCUT2D eigenvalue weighted by Crippen LogP contribution is 2.17. The second-order valence-electron chi connectivity index (χ2n) is 3.35. The van der Waals surface area contributed by atoms with Crippen LogP contribution in [0, 0.1) is 0 Å². The molecule has 1 atom stereocenters. The van der Waals surface area contributed by atoms with Gasteiger partial charge in [-0.25, -0.2) is 0 Å². The van der Waals surface area contributed by atoms with Gasteiger partial charge in [0, 0.05) is 0 Å². The van der Waals surface area contributed by atoms with E-state index in [-0.39, 0.29) is 12.2 Å². The van der Waals surface area contributed by atoms with Gasteiger partial charge in [0.15, 0.2) is 0 Å². The van der Waals surface area contributed by atoms with E-state index in [1.54, 1.807) is 24.3 Å². The van der Waals surface area contributed by atoms with E-state index < -0.39 is 16.2 Å². The molecule has 0 amide bonds. The standard InChI is InChI=1S/C10H14O4S/c11-10(7-4-8-15(12,13)14)9-5-2-1-3-6-9/h1-3,5-6,10-11H,4,7-8H2,(H,12,13,14). The van der Waals surface area contributed by atoms with Crippen LogP contribution in [0.25, 0.3) is 0 Å². The lowest BCUT2D eigenvalue weighted by Crippen LogP contribution is -2.06. The van der Waals surface area contributed by atoms with Crippen molar-refractivity contribution < 1.29 is 18.1 Å². The molecule has 0 aliphatic carbocycles. The number of benzene rings is 1. The van der Waals surface area contributed by atoms with Crippen molar-refractivity contribution in [3.8, 4) is 0 Å². The first-order valence-corrected chi connectivity index (χ1v) is 6.28. The zero-order valence-corrected chi connectivity index (χ0v) is 9.02. The Kier molecular flexibility index (Phi) is 4.26. The molecule has 15 heavy (non-hydrogen) atoms. The summed E-state index contributed by atoms with van der Waals surface area (Å²) < 4.78 is 29.3. The van der Waals surface area contributed by atoms with Gasteiger partial charge < -0.3 is 5.11 Å². The maximum absolute atomic E-state index is 10.4. The molecule has 5 heteroatoms. The molecule has 1 rings (SSSR count). The lowest BCUT2D eigenvalue weighted by molar-refractivity contribution is 0.166. The van der Waals surface area contributed by atoms with E-state index in [1.165, 1.54) is 0 Å². The molecule has 0 saturated carbocycles. The summed E-state index contributed by atoms with van der Waals surface area (Å²) in [5.41, 5.74) is 0.757. The minimum atomic E-state index is -3.91. The van der Waals surface area contributed by atoms with Crippen LogP contribution in [-0.4, -0.2) is 23.8 Å². The molecule has 0 aliphatic rings. The topological polar surface area (TPSA) is 74.6 Å². The van der Waals surface area contributed by atoms with Gasteiger partial charge in [0.25, 0.3) is 10.1 Å². The van der Waals surface area contributed by atoms with Crippen molar-refractivity contribution in [1.82, 2.24) is 0 Å². The van der Waals surface area contributed by atoms with Crippen LogP contribution in [0.15, 0.2) is 30.3 Å². The minimum Gasteiger partial charge on any atom is -0.388 e. The predicted molar refractivity (Wildman–Crippen MR) is 57.1 cm³/mol. The average molecular weight is 230 g/mol. The predicted octanol–water partition coefficient (Wildman–Crippen LogP) is 1.39. The highest BCUT2D eigenvalue weighted by molar-refractivity contribution is 7.85. The number of aliphatic hydroxyl groups excluding tert-OH is 1. The second kappa shape index (κ2) is 5.25. The smallest absolute Gasteiger partial charge is 0.264 e. The van der Waals surface area contributed by atoms with Crippen LogP contribution in [-0.2, 0) is 10.1 Å². The van der Waals surface area contributed by atoms with E-state index in [0.29, 0.717) is 6.42 Å². The molecule has 0 heterocycles. The van der Waals surface area contributed by atoms with Crippen molar-refractivity contribution in [3.05, 3.63) is 35.9 Å². The molecule has 0 fully saturated rings. The maximum Gasteiger partial charge on any atom is 0.264 e. The Morgan fingerprint density at radius 3 is 2.33 bits per heavy atom. The van der Waals surface area contributed by atoms with Gasteiger partial charge >= 0.3 is 0 Å². The summed E-state index contributed by atoms with van der Waals surface area (Å²) in [6, 6.07) is 9.01. The third kappa shape index (κ3) is 4.92. The largest absolute Gasteiger partial charge is 0.388 e. The lowest BCUT2D eigenvalue weighted by Gasteiger charge is -2.09. The van der Waals surface area contributed by atoms with E-state index in [2.05, 4.69) is 0 Å². The van der Waals surface area contributed by atoms with Crippen LogP contribution in [0.3, 0.4) is 0 Å². The summed E-state index contributed by atoms with van der Waals surface area (Å²) >= 11 is 0. The Bertz CT molecular complexity index is 385. The Balaban J connectivity index is 2.41. The van der Waals surface area contributed by atoms with Crippen LogP contribution < -0.4 is 0 Å². The fourth-order valence-corrected chi connectivity index (χ4v) is 1.83. The normalized spacial score (nSPS) is 13.7. The van der Waals surface area contributed by atoms with Gasteiger partial charge in [0.1, 0.15) is 0 Å². The molecular formula is C10H14O4S. The van der Waals surface area contributed by atoms with Crippen LogP contribution in [0.2, 0.25) is 0 Å². The van der Waals surface area contributed by atoms with Crippen molar-refractivity contribution in [1.29, 1.82) is 0 Å². The molecular weight excluding hydrogens is 216 g/mol. The molecule has 0 aliphatic heterocycles. The van der Waals surface area contributed by atoms with Gasteiger partial charge in [-0.15, -0.1) is 0 Å². The van der Waals surface area contributed by atoms with Crippen LogP contribution >= 0.6 is 0 Å². The molecule has 4 nitrogen and oxygen atoms in total. The first-order chi connectivity index (χ1) is 6.99. The van der Waals surface area contributed by atoms with E-state index in [1.807, 2.05) is 6.07 Å². The molecule has 84 valence electrons. The Morgan fingerprint density at radius 2 is 1.80 bits per heavy atom. The van der Waals surface area contributed by atoms with Crippen molar-refractivity contribution in [2.24, 2.45) is 0 Å². The van der Waals surface area contributed by atoms with Gasteiger partial charge in [0.05, 0.1) is 11.9 Å². The van der Waals surface area contributed by atoms with E-state index in [0.717, 1.165) is 5.56 Å². The highest BCUT2D eigenvalue weighted by Gasteiger charge is 2.09. The van der Waals surface area contributed by atoms with E-state index >= 15 is 0 Å². The van der Waals surface area contributed by atoms with Crippen LogP contribution in [0.1, 0.15) is 24.5 Å². The number of hydrogen-bond donors (Lipinski definition) is 2. The molecule has 1 unspecified atom stereocenters. The molecule has 0 saturated heterocycles. The van der Waals surface area contributed by atoms with E-state index in [4.69, 9.17) is 4.55 Å². The van der Waals surface area contributed by atoms with Gasteiger partial charge in [-0.1, -0.05) is 30.3 Å². The zero-order valence-electron chi connectivity index (χ0n) is 8.20. The van der Waals surface area contributed by atoms with Crippen molar-refractivity contribution >= 4 is 10.1 Å². The molecule has 2 N–H and O–H groups in total. The van der Waals surface area contributed by atoms with Gasteiger partial charge in [-0.2, -0.15) is 8.42 Å². The quantitative estimate of drug-likeness (QED) is 0.749. The Morgan fingerprint density at radius 1 is 1.20 bits per heavy atom. The van der Waals surface area contributed by atoms with Crippen molar-refractivity contribution in [3.63, 3.8) is 0 Å². The molecule has 0 aromatic heterocycles. The van der Waals surface area contributed by atoms with E-state index in [9.17, 15) is 13.5 Å². The zero-order chi connectivity index (χ0) is 11.3. The highest BCUT2D eigenvalue weighted by atomic mass is 32.2.